The first kappa shape index (κ1) is 59.0. The molecule has 0 aliphatic carbocycles. The molecule has 84 heavy (non-hydrogen) atoms. The van der Waals surface area contributed by atoms with E-state index in [1.807, 2.05) is 88.4 Å². The van der Waals surface area contributed by atoms with E-state index in [1.165, 1.54) is 35.4 Å². The number of aryl methyl sites for hydroxylation is 4. The average Bonchev–Trinajstić information content (AvgIpc) is 3.71. The van der Waals surface area contributed by atoms with Crippen LogP contribution in [0.25, 0.3) is 0 Å². The van der Waals surface area contributed by atoms with Crippen LogP contribution in [0.2, 0.25) is 0 Å². The summed E-state index contributed by atoms with van der Waals surface area (Å²) >= 11 is 0. The monoisotopic (exact) mass is 1140 g/mol. The largest absolute Gasteiger partial charge is 0.497 e. The first-order valence-electron chi connectivity index (χ1n) is 27.6. The number of carbonyl (C=O) groups excluding carboxylic acids is 2. The molecule has 0 atom stereocenters. The lowest BCUT2D eigenvalue weighted by Gasteiger charge is -2.34. The van der Waals surface area contributed by atoms with Gasteiger partial charge in [-0.15, -0.1) is 0 Å². The van der Waals surface area contributed by atoms with Crippen LogP contribution in [0.15, 0.2) is 146 Å². The number of nitrogens with one attached hydrogen (secondary N) is 2. The minimum absolute atomic E-state index is 0.307. The van der Waals surface area contributed by atoms with Crippen LogP contribution in [0.4, 0.5) is 67.2 Å². The standard InChI is InChI=1S/2C32H36N6O4/c2*1-22-7-6-8-23(2)30(22)42-32(39)38(27-14-13-26(40-4)21-28(27)41-5)29-15-16-33-31(35-29)34-24-9-11-25(12-10-24)37-19-17-36(3)18-20-37/h2*6-16,21H,17-20H2,1-5H3,(H,33,34,35). The molecule has 0 unspecified atom stereocenters. The van der Waals surface area contributed by atoms with E-state index < -0.39 is 12.2 Å². The molecule has 2 aliphatic rings. The van der Waals surface area contributed by atoms with Crippen LogP contribution in [-0.4, -0.2) is 137 Å². The van der Waals surface area contributed by atoms with Crippen molar-refractivity contribution in [1.29, 1.82) is 0 Å². The lowest BCUT2D eigenvalue weighted by Crippen LogP contribution is -2.44. The van der Waals surface area contributed by atoms with Crippen molar-refractivity contribution in [3.63, 3.8) is 0 Å². The number of methoxy groups -OCH3 is 4. The van der Waals surface area contributed by atoms with Gasteiger partial charge in [0.2, 0.25) is 11.9 Å². The summed E-state index contributed by atoms with van der Waals surface area (Å²) in [6.07, 6.45) is 1.91. The van der Waals surface area contributed by atoms with Gasteiger partial charge in [-0.1, -0.05) is 36.4 Å². The van der Waals surface area contributed by atoms with Gasteiger partial charge < -0.3 is 58.7 Å². The third-order valence-electron chi connectivity index (χ3n) is 14.5. The molecule has 2 amide bonds. The van der Waals surface area contributed by atoms with Gasteiger partial charge in [0.15, 0.2) is 0 Å². The van der Waals surface area contributed by atoms with E-state index in [9.17, 15) is 9.59 Å². The number of ether oxygens (including phenoxy) is 6. The second-order valence-corrected chi connectivity index (χ2v) is 20.3. The van der Waals surface area contributed by atoms with Crippen LogP contribution >= 0.6 is 0 Å². The van der Waals surface area contributed by atoms with E-state index in [0.29, 0.717) is 69.4 Å². The van der Waals surface area contributed by atoms with E-state index in [2.05, 4.69) is 78.6 Å². The molecule has 0 bridgehead atoms. The summed E-state index contributed by atoms with van der Waals surface area (Å²) in [7, 11) is 10.5. The van der Waals surface area contributed by atoms with E-state index in [-0.39, 0.29) is 0 Å². The fourth-order valence-electron chi connectivity index (χ4n) is 9.72. The number of benzene rings is 6. The van der Waals surface area contributed by atoms with Gasteiger partial charge in [0.25, 0.3) is 0 Å². The first-order chi connectivity index (χ1) is 40.7. The van der Waals surface area contributed by atoms with Gasteiger partial charge in [-0.3, -0.25) is 0 Å². The molecule has 2 aromatic heterocycles. The Bertz CT molecular complexity index is 3270. The van der Waals surface area contributed by atoms with Gasteiger partial charge in [-0.05, 0) is 137 Å². The molecule has 4 heterocycles. The van der Waals surface area contributed by atoms with Crippen molar-refractivity contribution >= 4 is 69.8 Å². The number of likely N-dealkylation sites (N-methyl/N-ethyl adjacent to an activating group) is 2. The maximum atomic E-state index is 13.8. The third-order valence-corrected chi connectivity index (χ3v) is 14.5. The van der Waals surface area contributed by atoms with Crippen LogP contribution in [0.5, 0.6) is 34.5 Å². The fourth-order valence-corrected chi connectivity index (χ4v) is 9.72. The summed E-state index contributed by atoms with van der Waals surface area (Å²) in [6.45, 7) is 15.8. The molecular formula is C64H72N12O8. The molecule has 0 radical (unpaired) electrons. The van der Waals surface area contributed by atoms with Crippen LogP contribution in [0, 0.1) is 27.7 Å². The molecule has 20 nitrogen and oxygen atoms in total. The Labute approximate surface area is 491 Å². The number of carbonyl (C=O) groups is 2. The molecule has 0 saturated carbocycles. The van der Waals surface area contributed by atoms with Gasteiger partial charge in [-0.2, -0.15) is 9.97 Å². The summed E-state index contributed by atoms with van der Waals surface area (Å²) in [5.41, 5.74) is 8.26. The summed E-state index contributed by atoms with van der Waals surface area (Å²) < 4.78 is 33.9. The number of amides is 2. The molecule has 2 saturated heterocycles. The maximum absolute atomic E-state index is 13.8. The van der Waals surface area contributed by atoms with Crippen molar-refractivity contribution in [1.82, 2.24) is 29.7 Å². The molecule has 10 rings (SSSR count). The smallest absolute Gasteiger partial charge is 0.425 e. The maximum Gasteiger partial charge on any atom is 0.425 e. The molecular weight excluding hydrogens is 1060 g/mol. The number of anilines is 10. The number of hydrogen-bond donors (Lipinski definition) is 2. The highest BCUT2D eigenvalue weighted by atomic mass is 16.6. The van der Waals surface area contributed by atoms with E-state index in [4.69, 9.17) is 38.4 Å². The molecule has 2 aliphatic heterocycles. The predicted octanol–water partition coefficient (Wildman–Crippen LogP) is 11.9. The zero-order valence-corrected chi connectivity index (χ0v) is 49.3. The average molecular weight is 1140 g/mol. The predicted molar refractivity (Wildman–Crippen MR) is 330 cm³/mol. The number of nitrogens with zero attached hydrogens (tertiary/aromatic N) is 10. The Morgan fingerprint density at radius 1 is 0.452 bits per heavy atom. The first-order valence-corrected chi connectivity index (χ1v) is 27.6. The molecule has 6 aromatic carbocycles. The molecule has 20 heteroatoms. The van der Waals surface area contributed by atoms with E-state index in [1.54, 1.807) is 75.1 Å². The Hall–Kier alpha value is -9.66. The van der Waals surface area contributed by atoms with Gasteiger partial charge in [0.1, 0.15) is 46.1 Å². The highest BCUT2D eigenvalue weighted by molar-refractivity contribution is 5.99. The van der Waals surface area contributed by atoms with E-state index in [0.717, 1.165) is 86.0 Å². The number of rotatable bonds is 16. The normalized spacial score (nSPS) is 13.4. The molecule has 8 aromatic rings. The number of piperazine rings is 2. The lowest BCUT2D eigenvalue weighted by atomic mass is 10.1. The van der Waals surface area contributed by atoms with Crippen molar-refractivity contribution in [2.75, 3.05) is 125 Å². The minimum atomic E-state index is -0.642. The minimum Gasteiger partial charge on any atom is -0.497 e. The number of aromatic nitrogens is 4. The summed E-state index contributed by atoms with van der Waals surface area (Å²) in [6, 6.07) is 41.5. The summed E-state index contributed by atoms with van der Waals surface area (Å²) in [4.78, 5) is 58.0. The van der Waals surface area contributed by atoms with Crippen molar-refractivity contribution in [3.8, 4) is 34.5 Å². The number of hydrogen-bond acceptors (Lipinski definition) is 18. The van der Waals surface area contributed by atoms with Gasteiger partial charge in [-0.25, -0.2) is 29.4 Å². The summed E-state index contributed by atoms with van der Waals surface area (Å²) in [5.74, 6) is 4.27. The third kappa shape index (κ3) is 14.3. The Kier molecular flexibility index (Phi) is 19.2. The molecule has 0 spiro atoms. The van der Waals surface area contributed by atoms with E-state index >= 15 is 0 Å². The lowest BCUT2D eigenvalue weighted by molar-refractivity contribution is 0.208. The molecule has 2 fully saturated rings. The van der Waals surface area contributed by atoms with Crippen LogP contribution in [0.1, 0.15) is 22.3 Å². The fraction of sp³-hybridized carbons (Fsp3) is 0.281. The van der Waals surface area contributed by atoms with Gasteiger partial charge in [0.05, 0.1) is 39.8 Å². The van der Waals surface area contributed by atoms with Crippen molar-refractivity contribution < 1.29 is 38.0 Å². The highest BCUT2D eigenvalue weighted by Gasteiger charge is 2.29. The molecule has 2 N–H and O–H groups in total. The number of para-hydroxylation sites is 2. The SMILES string of the molecule is COc1ccc(N(C(=O)Oc2c(C)cccc2C)c2ccnc(Nc3ccc(N4CCN(C)CC4)cc3)n2)c(OC)c1.COc1ccc(N(C(=O)Oc2c(C)cccc2C)c2ccnc(Nc3ccc(N4CCN(C)CC4)cc3)n2)c(OC)c1. The van der Waals surface area contributed by atoms with Crippen molar-refractivity contribution in [3.05, 3.63) is 168 Å². The second kappa shape index (κ2) is 27.4. The van der Waals surface area contributed by atoms with Gasteiger partial charge in [0, 0.05) is 112 Å². The molecule has 436 valence electrons. The topological polar surface area (TPSA) is 185 Å². The zero-order valence-electron chi connectivity index (χ0n) is 49.3. The zero-order chi connectivity index (χ0) is 59.3. The Morgan fingerprint density at radius 3 is 1.14 bits per heavy atom. The Balaban J connectivity index is 0.000000202. The summed E-state index contributed by atoms with van der Waals surface area (Å²) in [5, 5.41) is 6.53. The van der Waals surface area contributed by atoms with Crippen LogP contribution < -0.4 is 58.7 Å². The van der Waals surface area contributed by atoms with Crippen molar-refractivity contribution in [2.24, 2.45) is 0 Å². The van der Waals surface area contributed by atoms with Crippen molar-refractivity contribution in [2.45, 2.75) is 27.7 Å². The van der Waals surface area contributed by atoms with Gasteiger partial charge >= 0.3 is 12.2 Å². The van der Waals surface area contributed by atoms with Crippen LogP contribution in [-0.2, 0) is 0 Å². The highest BCUT2D eigenvalue weighted by Crippen LogP contribution is 2.40. The second-order valence-electron chi connectivity index (χ2n) is 20.3. The Morgan fingerprint density at radius 2 is 0.810 bits per heavy atom. The quantitative estimate of drug-likeness (QED) is 0.0930. The van der Waals surface area contributed by atoms with Crippen LogP contribution in [0.3, 0.4) is 0 Å².